The molecular weight excluding hydrogens is 236 g/mol. The van der Waals surface area contributed by atoms with Crippen LogP contribution in [0.2, 0.25) is 5.02 Å². The third-order valence-corrected chi connectivity index (χ3v) is 3.80. The Bertz CT molecular complexity index is 393. The number of nitrogens with two attached hydrogens (primary N) is 1. The fourth-order valence-corrected chi connectivity index (χ4v) is 2.23. The average molecular weight is 253 g/mol. The SMILES string of the molecule is NCC1(C(=O)NCc2ccc(Cl)cc2)CCC1. The monoisotopic (exact) mass is 252 g/mol. The van der Waals surface area contributed by atoms with Crippen molar-refractivity contribution in [3.05, 3.63) is 34.9 Å². The lowest BCUT2D eigenvalue weighted by Crippen LogP contribution is -2.50. The van der Waals surface area contributed by atoms with Crippen molar-refractivity contribution in [3.63, 3.8) is 0 Å². The van der Waals surface area contributed by atoms with Gasteiger partial charge >= 0.3 is 0 Å². The maximum atomic E-state index is 12.0. The number of rotatable bonds is 4. The van der Waals surface area contributed by atoms with Gasteiger partial charge in [-0.15, -0.1) is 0 Å². The van der Waals surface area contributed by atoms with E-state index >= 15 is 0 Å². The molecule has 1 aromatic rings. The predicted molar refractivity (Wildman–Crippen MR) is 68.6 cm³/mol. The first-order valence-corrected chi connectivity index (χ1v) is 6.27. The maximum absolute atomic E-state index is 12.0. The van der Waals surface area contributed by atoms with Gasteiger partial charge in [-0.2, -0.15) is 0 Å². The Morgan fingerprint density at radius 3 is 2.47 bits per heavy atom. The molecule has 0 atom stereocenters. The highest BCUT2D eigenvalue weighted by atomic mass is 35.5. The second-order valence-corrected chi connectivity index (χ2v) is 5.08. The third-order valence-electron chi connectivity index (χ3n) is 3.55. The lowest BCUT2D eigenvalue weighted by atomic mass is 9.68. The Morgan fingerprint density at radius 1 is 1.35 bits per heavy atom. The number of hydrogen-bond donors (Lipinski definition) is 2. The van der Waals surface area contributed by atoms with Crippen molar-refractivity contribution < 1.29 is 4.79 Å². The number of benzene rings is 1. The number of amides is 1. The summed E-state index contributed by atoms with van der Waals surface area (Å²) in [6.45, 7) is 0.983. The standard InChI is InChI=1S/C13H17ClN2O/c14-11-4-2-10(3-5-11)8-16-12(17)13(9-15)6-1-7-13/h2-5H,1,6-9,15H2,(H,16,17). The fourth-order valence-electron chi connectivity index (χ4n) is 2.10. The molecule has 0 radical (unpaired) electrons. The molecule has 0 saturated heterocycles. The highest BCUT2D eigenvalue weighted by Crippen LogP contribution is 2.40. The zero-order valence-electron chi connectivity index (χ0n) is 9.71. The second-order valence-electron chi connectivity index (χ2n) is 4.65. The van der Waals surface area contributed by atoms with E-state index in [0.29, 0.717) is 18.1 Å². The van der Waals surface area contributed by atoms with Gasteiger partial charge in [0.05, 0.1) is 5.41 Å². The molecule has 2 rings (SSSR count). The Hall–Kier alpha value is -1.06. The number of hydrogen-bond acceptors (Lipinski definition) is 2. The van der Waals surface area contributed by atoms with Crippen molar-refractivity contribution in [3.8, 4) is 0 Å². The van der Waals surface area contributed by atoms with E-state index in [4.69, 9.17) is 17.3 Å². The third kappa shape index (κ3) is 2.61. The summed E-state index contributed by atoms with van der Waals surface area (Å²) < 4.78 is 0. The Labute approximate surface area is 106 Å². The minimum Gasteiger partial charge on any atom is -0.352 e. The second kappa shape index (κ2) is 5.07. The van der Waals surface area contributed by atoms with Crippen LogP contribution in [0.4, 0.5) is 0 Å². The number of halogens is 1. The van der Waals surface area contributed by atoms with E-state index < -0.39 is 0 Å². The fraction of sp³-hybridized carbons (Fsp3) is 0.462. The molecule has 1 fully saturated rings. The Balaban J connectivity index is 1.90. The zero-order valence-corrected chi connectivity index (χ0v) is 10.5. The molecule has 0 unspecified atom stereocenters. The van der Waals surface area contributed by atoms with Crippen LogP contribution >= 0.6 is 11.6 Å². The van der Waals surface area contributed by atoms with Crippen molar-refractivity contribution in [2.24, 2.45) is 11.1 Å². The molecule has 1 amide bonds. The number of carbonyl (C=O) groups excluding carboxylic acids is 1. The molecule has 0 spiro atoms. The molecule has 17 heavy (non-hydrogen) atoms. The van der Waals surface area contributed by atoms with Crippen LogP contribution in [-0.4, -0.2) is 12.5 Å². The minimum atomic E-state index is -0.299. The maximum Gasteiger partial charge on any atom is 0.227 e. The smallest absolute Gasteiger partial charge is 0.227 e. The molecule has 92 valence electrons. The minimum absolute atomic E-state index is 0.0844. The van der Waals surface area contributed by atoms with Gasteiger partial charge in [0.1, 0.15) is 0 Å². The summed E-state index contributed by atoms with van der Waals surface area (Å²) in [5.74, 6) is 0.0844. The summed E-state index contributed by atoms with van der Waals surface area (Å²) in [5.41, 5.74) is 6.43. The molecule has 4 heteroatoms. The van der Waals surface area contributed by atoms with E-state index in [9.17, 15) is 4.79 Å². The molecule has 0 heterocycles. The summed E-state index contributed by atoms with van der Waals surface area (Å²) in [6.07, 6.45) is 2.93. The first-order chi connectivity index (χ1) is 8.16. The highest BCUT2D eigenvalue weighted by Gasteiger charge is 2.42. The van der Waals surface area contributed by atoms with Gasteiger partial charge in [0.15, 0.2) is 0 Å². The van der Waals surface area contributed by atoms with Crippen molar-refractivity contribution in [2.45, 2.75) is 25.8 Å². The lowest BCUT2D eigenvalue weighted by Gasteiger charge is -2.39. The van der Waals surface area contributed by atoms with Crippen LogP contribution < -0.4 is 11.1 Å². The van der Waals surface area contributed by atoms with Crippen LogP contribution in [-0.2, 0) is 11.3 Å². The molecule has 3 nitrogen and oxygen atoms in total. The molecule has 3 N–H and O–H groups in total. The first-order valence-electron chi connectivity index (χ1n) is 5.89. The van der Waals surface area contributed by atoms with Gasteiger partial charge in [-0.1, -0.05) is 30.2 Å². The van der Waals surface area contributed by atoms with Gasteiger partial charge in [0.25, 0.3) is 0 Å². The number of nitrogens with one attached hydrogen (secondary N) is 1. The van der Waals surface area contributed by atoms with Crippen LogP contribution in [0.15, 0.2) is 24.3 Å². The van der Waals surface area contributed by atoms with Gasteiger partial charge < -0.3 is 11.1 Å². The molecule has 1 aliphatic rings. The zero-order chi connectivity index (χ0) is 12.3. The van der Waals surface area contributed by atoms with Crippen molar-refractivity contribution in [2.75, 3.05) is 6.54 Å². The Kier molecular flexibility index (Phi) is 3.69. The van der Waals surface area contributed by atoms with E-state index in [1.807, 2.05) is 24.3 Å². The van der Waals surface area contributed by atoms with Crippen molar-refractivity contribution in [1.29, 1.82) is 0 Å². The van der Waals surface area contributed by atoms with Gasteiger partial charge in [-0.3, -0.25) is 4.79 Å². The van der Waals surface area contributed by atoms with E-state index in [0.717, 1.165) is 24.8 Å². The van der Waals surface area contributed by atoms with Crippen molar-refractivity contribution >= 4 is 17.5 Å². The van der Waals surface area contributed by atoms with E-state index in [-0.39, 0.29) is 11.3 Å². The predicted octanol–water partition coefficient (Wildman–Crippen LogP) is 2.09. The number of carbonyl (C=O) groups is 1. The molecular formula is C13H17ClN2O. The summed E-state index contributed by atoms with van der Waals surface area (Å²) in [7, 11) is 0. The summed E-state index contributed by atoms with van der Waals surface area (Å²) >= 11 is 5.80. The first kappa shape index (κ1) is 12.4. The van der Waals surface area contributed by atoms with Gasteiger partial charge in [0.2, 0.25) is 5.91 Å². The molecule has 1 saturated carbocycles. The van der Waals surface area contributed by atoms with Crippen LogP contribution in [0.5, 0.6) is 0 Å². The molecule has 0 aliphatic heterocycles. The van der Waals surface area contributed by atoms with Crippen molar-refractivity contribution in [1.82, 2.24) is 5.32 Å². The van der Waals surface area contributed by atoms with Crippen LogP contribution in [0.1, 0.15) is 24.8 Å². The largest absolute Gasteiger partial charge is 0.352 e. The molecule has 1 aromatic carbocycles. The van der Waals surface area contributed by atoms with E-state index in [1.165, 1.54) is 0 Å². The summed E-state index contributed by atoms with van der Waals surface area (Å²) in [4.78, 5) is 12.0. The highest BCUT2D eigenvalue weighted by molar-refractivity contribution is 6.30. The van der Waals surface area contributed by atoms with Gasteiger partial charge in [-0.25, -0.2) is 0 Å². The Morgan fingerprint density at radius 2 is 2.00 bits per heavy atom. The van der Waals surface area contributed by atoms with Crippen LogP contribution in [0.3, 0.4) is 0 Å². The molecule has 1 aliphatic carbocycles. The topological polar surface area (TPSA) is 55.1 Å². The molecule has 0 bridgehead atoms. The normalized spacial score (nSPS) is 17.3. The average Bonchev–Trinajstić information content (AvgIpc) is 2.27. The summed E-state index contributed by atoms with van der Waals surface area (Å²) in [5, 5.41) is 3.66. The summed E-state index contributed by atoms with van der Waals surface area (Å²) in [6, 6.07) is 7.48. The van der Waals surface area contributed by atoms with Gasteiger partial charge in [-0.05, 0) is 30.5 Å². The quantitative estimate of drug-likeness (QED) is 0.862. The van der Waals surface area contributed by atoms with Crippen LogP contribution in [0, 0.1) is 5.41 Å². The van der Waals surface area contributed by atoms with E-state index in [1.54, 1.807) is 0 Å². The lowest BCUT2D eigenvalue weighted by molar-refractivity contribution is -0.135. The molecule has 0 aromatic heterocycles. The van der Waals surface area contributed by atoms with Gasteiger partial charge in [0, 0.05) is 18.1 Å². The van der Waals surface area contributed by atoms with Crippen LogP contribution in [0.25, 0.3) is 0 Å². The van der Waals surface area contributed by atoms with E-state index in [2.05, 4.69) is 5.32 Å².